The smallest absolute Gasteiger partial charge is 0.187 e. The van der Waals surface area contributed by atoms with E-state index in [2.05, 4.69) is 4.52 Å². The molecule has 1 aliphatic carbocycles. The standard InChI is InChI=1S/C25H44NO21P/c1-6-11(26-8-2-7(5-42-48(39,40)41)12(29)15(32)13(8)30)14(31)19(36)24(43-6)46-22-10(4-28)45-25(20(37)17(22)34)47-21-9(3-27)44-23(38)18(35)16(21)33/h2,6,8-38H,3-5H2,1H3,(H2,39,40,41)/p-1/t6-,8+,9-,10-,11-,12-,13+,14+,15+,16-,17-,18-,19-,20-,21-,22-,23?,24-,25-/m1/s1. The van der Waals surface area contributed by atoms with Crippen LogP contribution in [0.3, 0.4) is 0 Å². The van der Waals surface area contributed by atoms with Crippen molar-refractivity contribution >= 4 is 7.82 Å². The molecule has 4 rings (SSSR count). The number of hydrogen-bond donors (Lipinski definition) is 13. The summed E-state index contributed by atoms with van der Waals surface area (Å²) in [5.74, 6) is 0. The van der Waals surface area contributed by atoms with Gasteiger partial charge in [-0.2, -0.15) is 0 Å². The first-order valence-corrected chi connectivity index (χ1v) is 16.4. The van der Waals surface area contributed by atoms with Crippen molar-refractivity contribution in [1.29, 1.82) is 0 Å². The van der Waals surface area contributed by atoms with Crippen LogP contribution in [-0.4, -0.2) is 198 Å². The third-order valence-electron chi connectivity index (χ3n) is 8.84. The number of phosphoric ester groups is 1. The molecule has 3 saturated heterocycles. The lowest BCUT2D eigenvalue weighted by Crippen LogP contribution is -3.02. The predicted octanol–water partition coefficient (Wildman–Crippen LogP) is -10.7. The van der Waals surface area contributed by atoms with Crippen LogP contribution >= 0.6 is 7.82 Å². The number of ether oxygens (including phenoxy) is 5. The Bertz CT molecular complexity index is 1130. The van der Waals surface area contributed by atoms with Crippen LogP contribution in [0.4, 0.5) is 0 Å². The van der Waals surface area contributed by atoms with Crippen molar-refractivity contribution < 1.29 is 109 Å². The molecular formula is C25H43NO21P-. The first kappa shape index (κ1) is 39.9. The van der Waals surface area contributed by atoms with Crippen LogP contribution in [-0.2, 0) is 32.8 Å². The van der Waals surface area contributed by atoms with Gasteiger partial charge in [-0.15, -0.1) is 0 Å². The molecule has 0 radical (unpaired) electrons. The van der Waals surface area contributed by atoms with Crippen molar-refractivity contribution in [3.63, 3.8) is 0 Å². The number of quaternary nitrogens is 1. The van der Waals surface area contributed by atoms with Crippen LogP contribution in [0.1, 0.15) is 6.92 Å². The number of nitrogens with two attached hydrogens (primary N) is 1. The van der Waals surface area contributed by atoms with Crippen molar-refractivity contribution in [1.82, 2.24) is 0 Å². The minimum absolute atomic E-state index is 0.255. The summed E-state index contributed by atoms with van der Waals surface area (Å²) in [6.45, 7) is -1.18. The van der Waals surface area contributed by atoms with Crippen LogP contribution in [0.2, 0.25) is 0 Å². The van der Waals surface area contributed by atoms with Gasteiger partial charge in [-0.25, -0.2) is 0 Å². The van der Waals surface area contributed by atoms with Gasteiger partial charge in [0.05, 0.1) is 27.6 Å². The lowest BCUT2D eigenvalue weighted by molar-refractivity contribution is -0.739. The molecule has 0 aromatic heterocycles. The Morgan fingerprint density at radius 1 is 0.729 bits per heavy atom. The number of hydrogen-bond acceptors (Lipinski definition) is 21. The third-order valence-corrected chi connectivity index (χ3v) is 9.29. The molecule has 22 nitrogen and oxygen atoms in total. The molecule has 3 aliphatic heterocycles. The van der Waals surface area contributed by atoms with Crippen molar-refractivity contribution in [2.45, 2.75) is 123 Å². The second-order valence-electron chi connectivity index (χ2n) is 12.1. The Balaban J connectivity index is 1.42. The van der Waals surface area contributed by atoms with Crippen LogP contribution in [0.15, 0.2) is 11.6 Å². The first-order chi connectivity index (χ1) is 22.4. The summed E-state index contributed by atoms with van der Waals surface area (Å²) in [5, 5.41) is 125. The van der Waals surface area contributed by atoms with E-state index in [9.17, 15) is 75.6 Å². The average molecular weight is 725 g/mol. The van der Waals surface area contributed by atoms with Gasteiger partial charge in [0.2, 0.25) is 0 Å². The number of phosphoric acid groups is 1. The zero-order chi connectivity index (χ0) is 35.8. The summed E-state index contributed by atoms with van der Waals surface area (Å²) in [6, 6.07) is -2.30. The summed E-state index contributed by atoms with van der Waals surface area (Å²) >= 11 is 0. The Morgan fingerprint density at radius 2 is 1.25 bits per heavy atom. The van der Waals surface area contributed by atoms with E-state index in [-0.39, 0.29) is 5.57 Å². The third kappa shape index (κ3) is 8.59. The summed E-state index contributed by atoms with van der Waals surface area (Å²) in [4.78, 5) is 21.8. The highest BCUT2D eigenvalue weighted by Gasteiger charge is 2.54. The number of aliphatic hydroxyl groups excluding tert-OH is 12. The molecule has 19 atom stereocenters. The molecule has 280 valence electrons. The Hall–Kier alpha value is -0.870. The van der Waals surface area contributed by atoms with E-state index in [1.807, 2.05) is 0 Å². The van der Waals surface area contributed by atoms with E-state index in [0.717, 1.165) is 6.08 Å². The monoisotopic (exact) mass is 724 g/mol. The van der Waals surface area contributed by atoms with E-state index in [1.165, 1.54) is 12.2 Å². The summed E-state index contributed by atoms with van der Waals surface area (Å²) in [6.07, 6.45) is -28.0. The molecule has 23 heteroatoms. The topological polar surface area (TPSA) is 378 Å². The number of aliphatic hydroxyl groups is 12. The molecule has 48 heavy (non-hydrogen) atoms. The Labute approximate surface area is 272 Å². The highest BCUT2D eigenvalue weighted by molar-refractivity contribution is 7.43. The zero-order valence-corrected chi connectivity index (χ0v) is 26.1. The normalized spacial score (nSPS) is 49.1. The van der Waals surface area contributed by atoms with Crippen LogP contribution < -0.4 is 15.1 Å². The zero-order valence-electron chi connectivity index (χ0n) is 25.2. The van der Waals surface area contributed by atoms with Gasteiger partial charge < -0.3 is 109 Å². The van der Waals surface area contributed by atoms with E-state index in [4.69, 9.17) is 23.7 Å². The fourth-order valence-electron chi connectivity index (χ4n) is 6.10. The predicted molar refractivity (Wildman–Crippen MR) is 143 cm³/mol. The lowest BCUT2D eigenvalue weighted by atomic mass is 9.86. The fraction of sp³-hybridized carbons (Fsp3) is 0.920. The van der Waals surface area contributed by atoms with Gasteiger partial charge in [0.1, 0.15) is 97.5 Å². The van der Waals surface area contributed by atoms with Gasteiger partial charge in [-0.1, -0.05) is 0 Å². The maximum Gasteiger partial charge on any atom is 0.187 e. The second kappa shape index (κ2) is 16.2. The highest BCUT2D eigenvalue weighted by atomic mass is 31.2. The van der Waals surface area contributed by atoms with Gasteiger partial charge in [-0.3, -0.25) is 0 Å². The average Bonchev–Trinajstić information content (AvgIpc) is 3.03. The van der Waals surface area contributed by atoms with Crippen molar-refractivity contribution in [3.8, 4) is 0 Å². The van der Waals surface area contributed by atoms with Crippen LogP contribution in [0.25, 0.3) is 0 Å². The lowest BCUT2D eigenvalue weighted by Gasteiger charge is -2.48. The summed E-state index contributed by atoms with van der Waals surface area (Å²) in [7, 11) is -5.46. The van der Waals surface area contributed by atoms with E-state index < -0.39 is 144 Å². The molecule has 14 N–H and O–H groups in total. The minimum Gasteiger partial charge on any atom is -0.790 e. The maximum atomic E-state index is 11.0. The summed E-state index contributed by atoms with van der Waals surface area (Å²) in [5.41, 5.74) is -0.255. The molecule has 4 aliphatic rings. The molecule has 0 saturated carbocycles. The van der Waals surface area contributed by atoms with Gasteiger partial charge in [0.25, 0.3) is 0 Å². The largest absolute Gasteiger partial charge is 0.790 e. The Kier molecular flexibility index (Phi) is 13.5. The highest BCUT2D eigenvalue weighted by Crippen LogP contribution is 2.32. The maximum absolute atomic E-state index is 11.0. The minimum atomic E-state index is -5.46. The molecule has 0 amide bonds. The Morgan fingerprint density at radius 3 is 1.81 bits per heavy atom. The molecule has 0 spiro atoms. The SMILES string of the molecule is C[C@H]1O[C@H](O[C@H]2[C@H](O)[C@@H](O)[C@@H](O[C@H]3[C@H](O)[C@@H](O)C(O)O[C@@H]3CO)O[C@@H]2CO)[C@H](O)[C@@H](O)[C@@H]1[NH2+][C@H]1C=C(COP(=O)([O-])[O-])[C@@H](O)[C@H](O)[C@H]1O. The van der Waals surface area contributed by atoms with Crippen molar-refractivity contribution in [3.05, 3.63) is 11.6 Å². The number of rotatable bonds is 11. The fourth-order valence-corrected chi connectivity index (χ4v) is 6.41. The second-order valence-corrected chi connectivity index (χ2v) is 13.2. The van der Waals surface area contributed by atoms with Gasteiger partial charge >= 0.3 is 0 Å². The van der Waals surface area contributed by atoms with E-state index in [1.54, 1.807) is 0 Å². The van der Waals surface area contributed by atoms with Crippen molar-refractivity contribution in [2.24, 2.45) is 0 Å². The van der Waals surface area contributed by atoms with E-state index in [0.29, 0.717) is 0 Å². The molecule has 0 aromatic rings. The molecule has 1 unspecified atom stereocenters. The molecular weight excluding hydrogens is 681 g/mol. The molecule has 0 aromatic carbocycles. The summed E-state index contributed by atoms with van der Waals surface area (Å²) < 4.78 is 42.4. The van der Waals surface area contributed by atoms with Crippen LogP contribution in [0, 0.1) is 0 Å². The molecule has 3 fully saturated rings. The molecule has 3 heterocycles. The van der Waals surface area contributed by atoms with Gasteiger partial charge in [0.15, 0.2) is 18.9 Å². The van der Waals surface area contributed by atoms with E-state index >= 15 is 0 Å². The molecule has 0 bridgehead atoms. The van der Waals surface area contributed by atoms with Crippen molar-refractivity contribution in [2.75, 3.05) is 19.8 Å². The van der Waals surface area contributed by atoms with Crippen LogP contribution in [0.5, 0.6) is 0 Å². The van der Waals surface area contributed by atoms with Gasteiger partial charge in [-0.05, 0) is 18.6 Å². The quantitative estimate of drug-likeness (QED) is 0.0694. The van der Waals surface area contributed by atoms with Gasteiger partial charge in [0, 0.05) is 0 Å². The first-order valence-electron chi connectivity index (χ1n) is 14.9.